The molecule has 0 bridgehead atoms. The Morgan fingerprint density at radius 1 is 1.29 bits per heavy atom. The highest BCUT2D eigenvalue weighted by atomic mass is 16.5. The van der Waals surface area contributed by atoms with Gasteiger partial charge in [-0.15, -0.1) is 0 Å². The van der Waals surface area contributed by atoms with Gasteiger partial charge in [-0.05, 0) is 42.8 Å². The summed E-state index contributed by atoms with van der Waals surface area (Å²) in [6, 6.07) is 10.9. The van der Waals surface area contributed by atoms with Crippen molar-refractivity contribution in [2.75, 3.05) is 7.11 Å². The summed E-state index contributed by atoms with van der Waals surface area (Å²) in [5, 5.41) is 9.22. The van der Waals surface area contributed by atoms with E-state index in [9.17, 15) is 9.90 Å². The summed E-state index contributed by atoms with van der Waals surface area (Å²) >= 11 is 0. The maximum atomic E-state index is 11.2. The van der Waals surface area contributed by atoms with E-state index in [-0.39, 0.29) is 5.56 Å². The minimum Gasteiger partial charge on any atom is -0.497 e. The Morgan fingerprint density at radius 3 is 2.76 bits per heavy atom. The molecule has 0 aliphatic carbocycles. The second-order valence-electron chi connectivity index (χ2n) is 4.75. The third-order valence-electron chi connectivity index (χ3n) is 3.47. The van der Waals surface area contributed by atoms with Gasteiger partial charge < -0.3 is 9.84 Å². The number of rotatable bonds is 3. The van der Waals surface area contributed by atoms with Gasteiger partial charge in [0.25, 0.3) is 0 Å². The molecule has 21 heavy (non-hydrogen) atoms. The van der Waals surface area contributed by atoms with Crippen molar-refractivity contribution in [2.24, 2.45) is 0 Å². The molecule has 1 aromatic heterocycles. The molecule has 2 aromatic carbocycles. The fourth-order valence-corrected chi connectivity index (χ4v) is 2.43. The number of fused-ring (bicyclic) bond motifs is 1. The maximum Gasteiger partial charge on any atom is 0.337 e. The van der Waals surface area contributed by atoms with E-state index < -0.39 is 5.97 Å². The minimum atomic E-state index is -0.975. The number of para-hydroxylation sites is 1. The van der Waals surface area contributed by atoms with Crippen LogP contribution in [0.25, 0.3) is 16.7 Å². The van der Waals surface area contributed by atoms with Crippen molar-refractivity contribution in [3.8, 4) is 11.4 Å². The predicted octanol–water partition coefficient (Wildman–Crippen LogP) is 3.04. The Labute approximate surface area is 121 Å². The molecule has 0 amide bonds. The second-order valence-corrected chi connectivity index (χ2v) is 4.75. The van der Waals surface area contributed by atoms with Gasteiger partial charge in [-0.2, -0.15) is 0 Å². The largest absolute Gasteiger partial charge is 0.497 e. The van der Waals surface area contributed by atoms with Crippen molar-refractivity contribution in [2.45, 2.75) is 6.92 Å². The molecular weight excluding hydrogens is 268 g/mol. The number of methoxy groups -OCH3 is 1. The lowest BCUT2D eigenvalue weighted by Gasteiger charge is -2.10. The SMILES string of the molecule is COc1ccc(-n2cnc3c(C(=O)O)cccc32)c(C)c1. The molecule has 1 N–H and O–H groups in total. The summed E-state index contributed by atoms with van der Waals surface area (Å²) in [5.41, 5.74) is 3.43. The van der Waals surface area contributed by atoms with Crippen LogP contribution in [0.4, 0.5) is 0 Å². The molecule has 5 heteroatoms. The van der Waals surface area contributed by atoms with Crippen LogP contribution in [0, 0.1) is 6.92 Å². The maximum absolute atomic E-state index is 11.2. The molecule has 3 rings (SSSR count). The first-order chi connectivity index (χ1) is 10.1. The zero-order valence-electron chi connectivity index (χ0n) is 11.7. The van der Waals surface area contributed by atoms with E-state index in [0.29, 0.717) is 5.52 Å². The lowest BCUT2D eigenvalue weighted by atomic mass is 10.1. The van der Waals surface area contributed by atoms with Crippen molar-refractivity contribution in [3.63, 3.8) is 0 Å². The molecule has 0 fully saturated rings. The normalized spacial score (nSPS) is 10.8. The summed E-state index contributed by atoms with van der Waals surface area (Å²) in [5.74, 6) is -0.191. The Balaban J connectivity index is 2.22. The van der Waals surface area contributed by atoms with Gasteiger partial charge in [0.05, 0.1) is 23.9 Å². The third-order valence-corrected chi connectivity index (χ3v) is 3.47. The van der Waals surface area contributed by atoms with Gasteiger partial charge in [-0.1, -0.05) is 6.07 Å². The summed E-state index contributed by atoms with van der Waals surface area (Å²) in [4.78, 5) is 15.5. The molecule has 5 nitrogen and oxygen atoms in total. The lowest BCUT2D eigenvalue weighted by molar-refractivity contribution is 0.0699. The van der Waals surface area contributed by atoms with Crippen molar-refractivity contribution in [1.82, 2.24) is 9.55 Å². The molecule has 0 saturated heterocycles. The van der Waals surface area contributed by atoms with Crippen molar-refractivity contribution in [3.05, 3.63) is 53.9 Å². The molecule has 3 aromatic rings. The van der Waals surface area contributed by atoms with Gasteiger partial charge in [-0.3, -0.25) is 4.57 Å². The van der Waals surface area contributed by atoms with Crippen LogP contribution in [0.1, 0.15) is 15.9 Å². The molecule has 0 atom stereocenters. The van der Waals surface area contributed by atoms with Gasteiger partial charge in [0.1, 0.15) is 17.6 Å². The van der Waals surface area contributed by atoms with Crippen LogP contribution in [0.15, 0.2) is 42.7 Å². The van der Waals surface area contributed by atoms with E-state index >= 15 is 0 Å². The first kappa shape index (κ1) is 13.2. The van der Waals surface area contributed by atoms with Crippen LogP contribution in [0.3, 0.4) is 0 Å². The minimum absolute atomic E-state index is 0.206. The predicted molar refractivity (Wildman–Crippen MR) is 79.3 cm³/mol. The molecule has 1 heterocycles. The number of aromatic nitrogens is 2. The molecule has 0 unspecified atom stereocenters. The Kier molecular flexibility index (Phi) is 3.10. The number of carbonyl (C=O) groups is 1. The highest BCUT2D eigenvalue weighted by Gasteiger charge is 2.14. The number of benzene rings is 2. The summed E-state index contributed by atoms with van der Waals surface area (Å²) < 4.78 is 7.09. The van der Waals surface area contributed by atoms with Gasteiger partial charge in [0.2, 0.25) is 0 Å². The van der Waals surface area contributed by atoms with Crippen molar-refractivity contribution in [1.29, 1.82) is 0 Å². The van der Waals surface area contributed by atoms with Crippen molar-refractivity contribution >= 4 is 17.0 Å². The van der Waals surface area contributed by atoms with Gasteiger partial charge in [0, 0.05) is 0 Å². The molecule has 0 saturated carbocycles. The number of imidazole rings is 1. The van der Waals surface area contributed by atoms with E-state index in [0.717, 1.165) is 22.5 Å². The van der Waals surface area contributed by atoms with Crippen LogP contribution < -0.4 is 4.74 Å². The number of hydrogen-bond acceptors (Lipinski definition) is 3. The number of aromatic carboxylic acids is 1. The molecule has 0 spiro atoms. The van der Waals surface area contributed by atoms with E-state index in [1.54, 1.807) is 25.6 Å². The molecular formula is C16H14N2O3. The van der Waals surface area contributed by atoms with Crippen molar-refractivity contribution < 1.29 is 14.6 Å². The Morgan fingerprint density at radius 2 is 2.10 bits per heavy atom. The summed E-state index contributed by atoms with van der Waals surface area (Å²) in [6.45, 7) is 1.98. The zero-order chi connectivity index (χ0) is 15.0. The number of nitrogens with zero attached hydrogens (tertiary/aromatic N) is 2. The molecule has 0 aliphatic rings. The van der Waals surface area contributed by atoms with Crippen LogP contribution in [0.2, 0.25) is 0 Å². The van der Waals surface area contributed by atoms with E-state index in [4.69, 9.17) is 4.74 Å². The van der Waals surface area contributed by atoms with Crippen LogP contribution in [-0.2, 0) is 0 Å². The number of aryl methyl sites for hydroxylation is 1. The highest BCUT2D eigenvalue weighted by Crippen LogP contribution is 2.25. The second kappa shape index (κ2) is 4.94. The quantitative estimate of drug-likeness (QED) is 0.802. The Hall–Kier alpha value is -2.82. The first-order valence-electron chi connectivity index (χ1n) is 6.46. The fourth-order valence-electron chi connectivity index (χ4n) is 2.43. The van der Waals surface area contributed by atoms with Gasteiger partial charge in [0.15, 0.2) is 0 Å². The highest BCUT2D eigenvalue weighted by molar-refractivity contribution is 6.01. The van der Waals surface area contributed by atoms with Gasteiger partial charge >= 0.3 is 5.97 Å². The zero-order valence-corrected chi connectivity index (χ0v) is 11.7. The van der Waals surface area contributed by atoms with Crippen LogP contribution >= 0.6 is 0 Å². The first-order valence-corrected chi connectivity index (χ1v) is 6.46. The number of carboxylic acid groups (broad SMARTS) is 1. The van der Waals surface area contributed by atoms with E-state index in [1.807, 2.05) is 35.8 Å². The van der Waals surface area contributed by atoms with E-state index in [1.165, 1.54) is 0 Å². The molecule has 106 valence electrons. The standard InChI is InChI=1S/C16H14N2O3/c1-10-8-11(21-2)6-7-13(10)18-9-17-15-12(16(19)20)4-3-5-14(15)18/h3-9H,1-2H3,(H,19,20). The Bertz CT molecular complexity index is 837. The van der Waals surface area contributed by atoms with E-state index in [2.05, 4.69) is 4.98 Å². The average molecular weight is 282 g/mol. The fraction of sp³-hybridized carbons (Fsp3) is 0.125. The topological polar surface area (TPSA) is 64.4 Å². The smallest absolute Gasteiger partial charge is 0.337 e. The summed E-state index contributed by atoms with van der Waals surface area (Å²) in [6.07, 6.45) is 1.64. The number of hydrogen-bond donors (Lipinski definition) is 1. The average Bonchev–Trinajstić information content (AvgIpc) is 2.90. The number of carboxylic acids is 1. The third kappa shape index (κ3) is 2.12. The summed E-state index contributed by atoms with van der Waals surface area (Å²) in [7, 11) is 1.63. The van der Waals surface area contributed by atoms with Gasteiger partial charge in [-0.25, -0.2) is 9.78 Å². The lowest BCUT2D eigenvalue weighted by Crippen LogP contribution is -1.99. The molecule has 0 radical (unpaired) electrons. The number of ether oxygens (including phenoxy) is 1. The molecule has 0 aliphatic heterocycles. The van der Waals surface area contributed by atoms with Crippen LogP contribution in [0.5, 0.6) is 5.75 Å². The monoisotopic (exact) mass is 282 g/mol. The van der Waals surface area contributed by atoms with Crippen LogP contribution in [-0.4, -0.2) is 27.7 Å².